The van der Waals surface area contributed by atoms with E-state index < -0.39 is 0 Å². The molecule has 1 heterocycles. The topological polar surface area (TPSA) is 79.0 Å². The van der Waals surface area contributed by atoms with Gasteiger partial charge in [0.1, 0.15) is 6.61 Å². The molecule has 1 aromatic rings. The second kappa shape index (κ2) is 8.90. The van der Waals surface area contributed by atoms with Gasteiger partial charge in [0.2, 0.25) is 11.8 Å². The van der Waals surface area contributed by atoms with Crippen LogP contribution in [-0.4, -0.2) is 60.4 Å². The Hall–Kier alpha value is -2.57. The van der Waals surface area contributed by atoms with E-state index in [1.165, 1.54) is 0 Å². The zero-order valence-electron chi connectivity index (χ0n) is 13.9. The van der Waals surface area contributed by atoms with E-state index in [1.54, 1.807) is 16.7 Å². The van der Waals surface area contributed by atoms with Crippen LogP contribution in [-0.2, 0) is 20.9 Å². The second-order valence-corrected chi connectivity index (χ2v) is 5.54. The summed E-state index contributed by atoms with van der Waals surface area (Å²) >= 11 is 0. The summed E-state index contributed by atoms with van der Waals surface area (Å²) in [5.41, 5.74) is 0.936. The average Bonchev–Trinajstić information content (AvgIpc) is 2.64. The highest BCUT2D eigenvalue weighted by molar-refractivity contribution is 5.84. The molecule has 0 bridgehead atoms. The molecule has 1 aromatic carbocycles. The smallest absolute Gasteiger partial charge is 0.410 e. The zero-order chi connectivity index (χ0) is 17.4. The molecule has 2 rings (SSSR count). The van der Waals surface area contributed by atoms with Gasteiger partial charge in [-0.05, 0) is 5.56 Å². The van der Waals surface area contributed by atoms with Crippen molar-refractivity contribution in [1.82, 2.24) is 15.1 Å². The minimum Gasteiger partial charge on any atom is -0.445 e. The monoisotopic (exact) mass is 333 g/mol. The molecule has 0 atom stereocenters. The molecule has 1 N–H and O–H groups in total. The minimum absolute atomic E-state index is 0.00509. The number of carbonyl (C=O) groups is 3. The predicted octanol–water partition coefficient (Wildman–Crippen LogP) is 0.994. The van der Waals surface area contributed by atoms with Crippen LogP contribution in [0.3, 0.4) is 0 Å². The summed E-state index contributed by atoms with van der Waals surface area (Å²) in [4.78, 5) is 38.4. The highest BCUT2D eigenvalue weighted by Gasteiger charge is 2.24. The highest BCUT2D eigenvalue weighted by Crippen LogP contribution is 2.07. The maximum absolute atomic E-state index is 12.0. The number of rotatable bonds is 5. The molecule has 24 heavy (non-hydrogen) atoms. The van der Waals surface area contributed by atoms with E-state index >= 15 is 0 Å². The summed E-state index contributed by atoms with van der Waals surface area (Å²) in [6.07, 6.45) is -0.0147. The first kappa shape index (κ1) is 17.8. The van der Waals surface area contributed by atoms with Crippen LogP contribution in [0.2, 0.25) is 0 Å². The van der Waals surface area contributed by atoms with Crippen LogP contribution in [0.15, 0.2) is 30.3 Å². The predicted molar refractivity (Wildman–Crippen MR) is 88.1 cm³/mol. The zero-order valence-corrected chi connectivity index (χ0v) is 13.9. The van der Waals surface area contributed by atoms with Crippen LogP contribution in [0.5, 0.6) is 0 Å². The molecular formula is C17H23N3O4. The number of ether oxygens (including phenoxy) is 1. The van der Waals surface area contributed by atoms with Crippen LogP contribution in [0.25, 0.3) is 0 Å². The fourth-order valence-electron chi connectivity index (χ4n) is 2.36. The lowest BCUT2D eigenvalue weighted by Crippen LogP contribution is -2.52. The van der Waals surface area contributed by atoms with Gasteiger partial charge in [-0.25, -0.2) is 4.79 Å². The van der Waals surface area contributed by atoms with Crippen LogP contribution < -0.4 is 5.32 Å². The number of benzene rings is 1. The molecule has 1 aliphatic heterocycles. The molecule has 0 aromatic heterocycles. The first-order chi connectivity index (χ1) is 11.6. The largest absolute Gasteiger partial charge is 0.445 e. The molecule has 0 saturated carbocycles. The fraction of sp³-hybridized carbons (Fsp3) is 0.471. The van der Waals surface area contributed by atoms with Gasteiger partial charge in [0.05, 0.1) is 6.54 Å². The summed E-state index contributed by atoms with van der Waals surface area (Å²) < 4.78 is 5.28. The number of nitrogens with zero attached hydrogens (tertiary/aromatic N) is 2. The Morgan fingerprint density at radius 1 is 1.04 bits per heavy atom. The van der Waals surface area contributed by atoms with Crippen LogP contribution >= 0.6 is 0 Å². The third-order valence-electron chi connectivity index (χ3n) is 3.85. The summed E-state index contributed by atoms with van der Waals surface area (Å²) in [6, 6.07) is 9.49. The van der Waals surface area contributed by atoms with Gasteiger partial charge >= 0.3 is 6.09 Å². The van der Waals surface area contributed by atoms with E-state index in [0.717, 1.165) is 5.56 Å². The number of carbonyl (C=O) groups excluding carboxylic acids is 3. The van der Waals surface area contributed by atoms with Gasteiger partial charge < -0.3 is 19.9 Å². The third kappa shape index (κ3) is 5.26. The Morgan fingerprint density at radius 2 is 1.67 bits per heavy atom. The molecule has 3 amide bonds. The van der Waals surface area contributed by atoms with Crippen LogP contribution in [0.1, 0.15) is 18.9 Å². The summed E-state index contributed by atoms with van der Waals surface area (Å²) in [6.45, 7) is 3.73. The fourth-order valence-corrected chi connectivity index (χ4v) is 2.36. The van der Waals surface area contributed by atoms with E-state index in [0.29, 0.717) is 32.6 Å². The molecule has 1 aliphatic rings. The van der Waals surface area contributed by atoms with Gasteiger partial charge in [-0.15, -0.1) is 0 Å². The molecule has 0 aliphatic carbocycles. The molecule has 0 unspecified atom stereocenters. The molecule has 1 saturated heterocycles. The third-order valence-corrected chi connectivity index (χ3v) is 3.85. The SMILES string of the molecule is CCC(=O)NCC(=O)N1CCN(C(=O)OCc2ccccc2)CC1. The van der Waals surface area contributed by atoms with Crippen LogP contribution in [0, 0.1) is 0 Å². The molecule has 7 nitrogen and oxygen atoms in total. The summed E-state index contributed by atoms with van der Waals surface area (Å²) in [7, 11) is 0. The van der Waals surface area contributed by atoms with Gasteiger partial charge in [0.25, 0.3) is 0 Å². The lowest BCUT2D eigenvalue weighted by atomic mass is 10.2. The second-order valence-electron chi connectivity index (χ2n) is 5.54. The van der Waals surface area contributed by atoms with Gasteiger partial charge in [0, 0.05) is 32.6 Å². The maximum atomic E-state index is 12.0. The first-order valence-electron chi connectivity index (χ1n) is 8.10. The van der Waals surface area contributed by atoms with Gasteiger partial charge in [-0.3, -0.25) is 9.59 Å². The lowest BCUT2D eigenvalue weighted by molar-refractivity contribution is -0.134. The molecule has 130 valence electrons. The van der Waals surface area contributed by atoms with Gasteiger partial charge in [-0.2, -0.15) is 0 Å². The van der Waals surface area contributed by atoms with Crippen molar-refractivity contribution in [2.45, 2.75) is 20.0 Å². The number of nitrogens with one attached hydrogen (secondary N) is 1. The summed E-state index contributed by atoms with van der Waals surface area (Å²) in [5, 5.41) is 2.57. The van der Waals surface area contributed by atoms with Crippen LogP contribution in [0.4, 0.5) is 4.79 Å². The van der Waals surface area contributed by atoms with Gasteiger partial charge in [-0.1, -0.05) is 37.3 Å². The average molecular weight is 333 g/mol. The van der Waals surface area contributed by atoms with Crippen molar-refractivity contribution < 1.29 is 19.1 Å². The lowest BCUT2D eigenvalue weighted by Gasteiger charge is -2.34. The van der Waals surface area contributed by atoms with Crippen molar-refractivity contribution in [3.63, 3.8) is 0 Å². The normalized spacial score (nSPS) is 14.2. The van der Waals surface area contributed by atoms with Gasteiger partial charge in [0.15, 0.2) is 0 Å². The van der Waals surface area contributed by atoms with Crippen molar-refractivity contribution in [2.75, 3.05) is 32.7 Å². The Kier molecular flexibility index (Phi) is 6.60. The Labute approximate surface area is 141 Å². The molecular weight excluding hydrogens is 310 g/mol. The Balaban J connectivity index is 1.70. The summed E-state index contributed by atoms with van der Waals surface area (Å²) in [5.74, 6) is -0.277. The van der Waals surface area contributed by atoms with E-state index in [9.17, 15) is 14.4 Å². The van der Waals surface area contributed by atoms with Crippen molar-refractivity contribution >= 4 is 17.9 Å². The van der Waals surface area contributed by atoms with E-state index in [1.807, 2.05) is 30.3 Å². The minimum atomic E-state index is -0.370. The van der Waals surface area contributed by atoms with E-state index in [2.05, 4.69) is 5.32 Å². The number of amides is 3. The van der Waals surface area contributed by atoms with Crippen molar-refractivity contribution in [2.24, 2.45) is 0 Å². The van der Waals surface area contributed by atoms with E-state index in [4.69, 9.17) is 4.74 Å². The number of piperazine rings is 1. The highest BCUT2D eigenvalue weighted by atomic mass is 16.6. The van der Waals surface area contributed by atoms with E-state index in [-0.39, 0.29) is 31.1 Å². The Bertz CT molecular complexity index is 568. The molecule has 7 heteroatoms. The molecule has 1 fully saturated rings. The Morgan fingerprint density at radius 3 is 2.29 bits per heavy atom. The van der Waals surface area contributed by atoms with Crippen molar-refractivity contribution in [3.8, 4) is 0 Å². The molecule has 0 spiro atoms. The quantitative estimate of drug-likeness (QED) is 0.872. The standard InChI is InChI=1S/C17H23N3O4/c1-2-15(21)18-12-16(22)19-8-10-20(11-9-19)17(23)24-13-14-6-4-3-5-7-14/h3-7H,2,8-13H2,1H3,(H,18,21). The number of hydrogen-bond donors (Lipinski definition) is 1. The number of hydrogen-bond acceptors (Lipinski definition) is 4. The first-order valence-corrected chi connectivity index (χ1v) is 8.10. The maximum Gasteiger partial charge on any atom is 0.410 e. The van der Waals surface area contributed by atoms with Crippen molar-refractivity contribution in [1.29, 1.82) is 0 Å². The van der Waals surface area contributed by atoms with Crippen molar-refractivity contribution in [3.05, 3.63) is 35.9 Å². The molecule has 0 radical (unpaired) electrons.